The van der Waals surface area contributed by atoms with Crippen molar-refractivity contribution in [1.82, 2.24) is 4.98 Å². The van der Waals surface area contributed by atoms with Crippen molar-refractivity contribution in [3.63, 3.8) is 0 Å². The van der Waals surface area contributed by atoms with Gasteiger partial charge in [0.25, 0.3) is 5.91 Å². The summed E-state index contributed by atoms with van der Waals surface area (Å²) in [7, 11) is 0. The van der Waals surface area contributed by atoms with Gasteiger partial charge in [-0.2, -0.15) is 0 Å². The molecule has 0 saturated heterocycles. The second kappa shape index (κ2) is 4.28. The number of aromatic nitrogens is 1. The first-order valence-corrected chi connectivity index (χ1v) is 7.34. The highest BCUT2D eigenvalue weighted by molar-refractivity contribution is 6.17. The summed E-state index contributed by atoms with van der Waals surface area (Å²) in [5.74, 6) is -0.194. The highest BCUT2D eigenvalue weighted by atomic mass is 35.5. The van der Waals surface area contributed by atoms with Gasteiger partial charge in [-0.3, -0.25) is 14.7 Å². The summed E-state index contributed by atoms with van der Waals surface area (Å²) in [5.41, 5.74) is 2.66. The van der Waals surface area contributed by atoms with Gasteiger partial charge in [0.15, 0.2) is 0 Å². The zero-order chi connectivity index (χ0) is 14.6. The molecule has 0 radical (unpaired) electrons. The summed E-state index contributed by atoms with van der Waals surface area (Å²) in [6.07, 6.45) is 5.13. The first-order valence-electron chi connectivity index (χ1n) is 6.80. The van der Waals surface area contributed by atoms with Crippen LogP contribution in [0.5, 0.6) is 0 Å². The van der Waals surface area contributed by atoms with Crippen LogP contribution >= 0.6 is 11.6 Å². The lowest BCUT2D eigenvalue weighted by Crippen LogP contribution is -2.33. The zero-order valence-electron chi connectivity index (χ0n) is 11.1. The van der Waals surface area contributed by atoms with E-state index in [2.05, 4.69) is 4.98 Å². The van der Waals surface area contributed by atoms with Gasteiger partial charge in [-0.25, -0.2) is 4.39 Å². The predicted molar refractivity (Wildman–Crippen MR) is 77.9 cm³/mol. The lowest BCUT2D eigenvalue weighted by Gasteiger charge is -2.25. The maximum Gasteiger partial charge on any atom is 0.259 e. The zero-order valence-corrected chi connectivity index (χ0v) is 11.9. The van der Waals surface area contributed by atoms with E-state index in [0.717, 1.165) is 29.7 Å². The van der Waals surface area contributed by atoms with Gasteiger partial charge < -0.3 is 0 Å². The van der Waals surface area contributed by atoms with E-state index < -0.39 is 0 Å². The molecule has 1 spiro atoms. The van der Waals surface area contributed by atoms with E-state index in [0.29, 0.717) is 11.4 Å². The average molecular weight is 303 g/mol. The number of anilines is 1. The van der Waals surface area contributed by atoms with E-state index in [1.54, 1.807) is 23.4 Å². The van der Waals surface area contributed by atoms with Crippen LogP contribution in [0.1, 0.15) is 34.3 Å². The molecule has 1 aromatic heterocycles. The predicted octanol–water partition coefficient (Wildman–Crippen LogP) is 3.61. The molecular formula is C16H12ClFN2O. The molecule has 5 heteroatoms. The Bertz CT molecular complexity index is 758. The molecule has 0 N–H and O–H groups in total. The second-order valence-corrected chi connectivity index (χ2v) is 5.81. The first kappa shape index (κ1) is 12.8. The Balaban J connectivity index is 1.86. The lowest BCUT2D eigenvalue weighted by molar-refractivity contribution is 0.0988. The van der Waals surface area contributed by atoms with Gasteiger partial charge in [0.05, 0.1) is 17.4 Å². The van der Waals surface area contributed by atoms with Crippen LogP contribution < -0.4 is 4.90 Å². The molecule has 2 heterocycles. The molecule has 106 valence electrons. The molecule has 2 aliphatic rings. The number of amides is 1. The number of alkyl halides is 1. The van der Waals surface area contributed by atoms with E-state index in [1.807, 2.05) is 6.07 Å². The van der Waals surface area contributed by atoms with Crippen LogP contribution in [0.25, 0.3) is 0 Å². The molecule has 21 heavy (non-hydrogen) atoms. The number of carbonyl (C=O) groups is 1. The van der Waals surface area contributed by atoms with Crippen molar-refractivity contribution in [2.45, 2.75) is 24.3 Å². The third-order valence-electron chi connectivity index (χ3n) is 4.26. The van der Waals surface area contributed by atoms with Crippen LogP contribution in [-0.2, 0) is 11.4 Å². The van der Waals surface area contributed by atoms with Crippen molar-refractivity contribution in [2.24, 2.45) is 0 Å². The van der Waals surface area contributed by atoms with Crippen molar-refractivity contribution in [1.29, 1.82) is 0 Å². The molecule has 1 fully saturated rings. The molecule has 0 atom stereocenters. The van der Waals surface area contributed by atoms with Gasteiger partial charge in [-0.15, -0.1) is 11.6 Å². The fourth-order valence-corrected chi connectivity index (χ4v) is 3.33. The highest BCUT2D eigenvalue weighted by Gasteiger charge is 2.58. The Kier molecular flexibility index (Phi) is 2.60. The number of benzene rings is 1. The summed E-state index contributed by atoms with van der Waals surface area (Å²) in [6, 6.07) is 6.36. The van der Waals surface area contributed by atoms with E-state index in [1.165, 1.54) is 12.1 Å². The largest absolute Gasteiger partial charge is 0.297 e. The number of rotatable bonds is 2. The Morgan fingerprint density at radius 1 is 1.29 bits per heavy atom. The van der Waals surface area contributed by atoms with Crippen LogP contribution in [0.4, 0.5) is 10.1 Å². The summed E-state index contributed by atoms with van der Waals surface area (Å²) in [4.78, 5) is 18.6. The summed E-state index contributed by atoms with van der Waals surface area (Å²) in [6.45, 7) is 0. The van der Waals surface area contributed by atoms with E-state index in [4.69, 9.17) is 11.6 Å². The van der Waals surface area contributed by atoms with Gasteiger partial charge in [0, 0.05) is 17.6 Å². The highest BCUT2D eigenvalue weighted by Crippen LogP contribution is 2.57. The number of halogens is 2. The number of hydrogen-bond acceptors (Lipinski definition) is 2. The number of fused-ring (bicyclic) bond motifs is 2. The molecule has 0 bridgehead atoms. The van der Waals surface area contributed by atoms with Crippen molar-refractivity contribution in [3.8, 4) is 0 Å². The first-order chi connectivity index (χ1) is 10.2. The summed E-state index contributed by atoms with van der Waals surface area (Å²) < 4.78 is 13.5. The van der Waals surface area contributed by atoms with Gasteiger partial charge >= 0.3 is 0 Å². The minimum Gasteiger partial charge on any atom is -0.297 e. The van der Waals surface area contributed by atoms with E-state index in [9.17, 15) is 9.18 Å². The minimum atomic E-state index is -0.382. The third-order valence-corrected chi connectivity index (χ3v) is 4.57. The average Bonchev–Trinajstić information content (AvgIpc) is 3.24. The molecule has 1 saturated carbocycles. The number of carbonyl (C=O) groups excluding carboxylic acids is 1. The Morgan fingerprint density at radius 3 is 2.81 bits per heavy atom. The third kappa shape index (κ3) is 1.72. The monoisotopic (exact) mass is 302 g/mol. The van der Waals surface area contributed by atoms with Crippen LogP contribution in [0.2, 0.25) is 0 Å². The van der Waals surface area contributed by atoms with Crippen molar-refractivity contribution in [3.05, 3.63) is 59.2 Å². The smallest absolute Gasteiger partial charge is 0.259 e. The molecule has 3 nitrogen and oxygen atoms in total. The molecule has 0 unspecified atom stereocenters. The lowest BCUT2D eigenvalue weighted by atomic mass is 10.0. The van der Waals surface area contributed by atoms with Crippen molar-refractivity contribution >= 4 is 23.2 Å². The fraction of sp³-hybridized carbons (Fsp3) is 0.250. The van der Waals surface area contributed by atoms with Crippen molar-refractivity contribution in [2.75, 3.05) is 4.90 Å². The quantitative estimate of drug-likeness (QED) is 0.794. The molecule has 1 amide bonds. The maximum absolute atomic E-state index is 13.5. The number of hydrogen-bond donors (Lipinski definition) is 0. The molecule has 2 aromatic rings. The van der Waals surface area contributed by atoms with Crippen LogP contribution in [0, 0.1) is 5.82 Å². The topological polar surface area (TPSA) is 33.2 Å². The SMILES string of the molecule is O=C1c2cc(F)ccc2C2(CC2)N1c1cncc(CCl)c1. The Hall–Kier alpha value is -1.94. The van der Waals surface area contributed by atoms with Gasteiger partial charge in [-0.1, -0.05) is 6.07 Å². The standard InChI is InChI=1S/C16H12ClFN2O/c17-7-10-5-12(9-19-8-10)20-15(21)13-6-11(18)1-2-14(13)16(20)3-4-16/h1-2,5-6,8-9H,3-4,7H2. The summed E-state index contributed by atoms with van der Waals surface area (Å²) in [5, 5.41) is 0. The molecular weight excluding hydrogens is 291 g/mol. The van der Waals surface area contributed by atoms with E-state index >= 15 is 0 Å². The number of pyridine rings is 1. The normalized spacial score (nSPS) is 18.2. The molecule has 1 aromatic carbocycles. The number of nitrogens with zero attached hydrogens (tertiary/aromatic N) is 2. The summed E-state index contributed by atoms with van der Waals surface area (Å²) >= 11 is 5.85. The van der Waals surface area contributed by atoms with Crippen molar-refractivity contribution < 1.29 is 9.18 Å². The van der Waals surface area contributed by atoms with Crippen LogP contribution in [-0.4, -0.2) is 10.9 Å². The van der Waals surface area contributed by atoms with Crippen LogP contribution in [0.15, 0.2) is 36.7 Å². The molecule has 1 aliphatic heterocycles. The fourth-order valence-electron chi connectivity index (χ4n) is 3.18. The second-order valence-electron chi connectivity index (χ2n) is 5.55. The van der Waals surface area contributed by atoms with Gasteiger partial charge in [0.2, 0.25) is 0 Å². The Labute approximate surface area is 126 Å². The van der Waals surface area contributed by atoms with Crippen LogP contribution in [0.3, 0.4) is 0 Å². The van der Waals surface area contributed by atoms with Gasteiger partial charge in [-0.05, 0) is 42.2 Å². The molecule has 1 aliphatic carbocycles. The Morgan fingerprint density at radius 2 is 2.10 bits per heavy atom. The van der Waals surface area contributed by atoms with E-state index in [-0.39, 0.29) is 17.3 Å². The molecule has 4 rings (SSSR count). The van der Waals surface area contributed by atoms with Gasteiger partial charge in [0.1, 0.15) is 5.82 Å². The minimum absolute atomic E-state index is 0.157. The maximum atomic E-state index is 13.5.